The van der Waals surface area contributed by atoms with E-state index in [4.69, 9.17) is 19.4 Å². The van der Waals surface area contributed by atoms with E-state index in [1.807, 2.05) is 19.1 Å². The lowest BCUT2D eigenvalue weighted by atomic mass is 10.1. The average Bonchev–Trinajstić information content (AvgIpc) is 3.80. The number of alkyl halides is 3. The van der Waals surface area contributed by atoms with Crippen molar-refractivity contribution >= 4 is 34.7 Å². The Balaban J connectivity index is 0.000000559. The zero-order chi connectivity index (χ0) is 34.0. The number of hydrogen-bond donors (Lipinski definition) is 2. The minimum absolute atomic E-state index is 0.000934. The van der Waals surface area contributed by atoms with Crippen LogP contribution in [0.4, 0.5) is 13.2 Å². The molecular formula is C31H33F3N4O9. The van der Waals surface area contributed by atoms with E-state index in [-0.39, 0.29) is 50.1 Å². The number of aliphatic hydroxyl groups is 2. The Morgan fingerprint density at radius 3 is 2.21 bits per heavy atom. The highest BCUT2D eigenvalue weighted by molar-refractivity contribution is 6.21. The number of imidazole rings is 1. The number of aromatic nitrogens is 2. The zero-order valence-electron chi connectivity index (χ0n) is 25.3. The Morgan fingerprint density at radius 1 is 1.06 bits per heavy atom. The standard InChI is InChI=1S/C29H33N4O7.C2HF3O2/c1-2-31-22-10-9-18(40-17-27(36)30-14-24(34)25(35)15-30)12-23(22)32(13-19-6-5-11-39-19)26(31)16-33-28(37)20-7-3-4-8-21(20)29(33)38;3-2(4,5)1(6)7/h3-4,7-10,12,19,24-25,34-35H,2,5-6,11,13-17H2,1H3;(H,6,7)/q+1;/p-1/t19-,24+,25+;/m0./s1. The van der Waals surface area contributed by atoms with Crippen molar-refractivity contribution in [3.05, 3.63) is 59.4 Å². The lowest BCUT2D eigenvalue weighted by Gasteiger charge is -2.15. The Morgan fingerprint density at radius 2 is 1.68 bits per heavy atom. The normalized spacial score (nSPS) is 20.9. The van der Waals surface area contributed by atoms with Crippen molar-refractivity contribution in [1.29, 1.82) is 0 Å². The second kappa shape index (κ2) is 13.7. The first kappa shape index (κ1) is 33.8. The van der Waals surface area contributed by atoms with Crippen LogP contribution in [0.5, 0.6) is 5.75 Å². The first-order chi connectivity index (χ1) is 22.3. The van der Waals surface area contributed by atoms with Crippen LogP contribution < -0.4 is 14.4 Å². The van der Waals surface area contributed by atoms with Gasteiger partial charge in [0.1, 0.15) is 24.8 Å². The Labute approximate surface area is 266 Å². The molecule has 0 spiro atoms. The molecule has 1 aromatic heterocycles. The molecule has 0 aliphatic carbocycles. The van der Waals surface area contributed by atoms with Crippen molar-refractivity contribution < 1.29 is 61.7 Å². The number of ether oxygens (including phenoxy) is 2. The number of aliphatic carboxylic acids is 1. The molecule has 0 bridgehead atoms. The number of nitrogens with zero attached hydrogens (tertiary/aromatic N) is 4. The molecule has 3 aliphatic heterocycles. The number of carbonyl (C=O) groups is 4. The molecule has 16 heteroatoms. The van der Waals surface area contributed by atoms with E-state index < -0.39 is 24.4 Å². The number of aryl methyl sites for hydroxylation is 1. The van der Waals surface area contributed by atoms with E-state index in [2.05, 4.69) is 9.13 Å². The number of carboxylic acid groups (broad SMARTS) is 1. The summed E-state index contributed by atoms with van der Waals surface area (Å²) in [5, 5.41) is 28.3. The number of carbonyl (C=O) groups excluding carboxylic acids is 4. The average molecular weight is 663 g/mol. The van der Waals surface area contributed by atoms with Crippen LogP contribution in [0.25, 0.3) is 11.0 Å². The molecular weight excluding hydrogens is 629 g/mol. The fourth-order valence-corrected chi connectivity index (χ4v) is 5.91. The van der Waals surface area contributed by atoms with E-state index in [1.54, 1.807) is 30.3 Å². The molecule has 47 heavy (non-hydrogen) atoms. The van der Waals surface area contributed by atoms with E-state index in [1.165, 1.54) is 9.80 Å². The predicted molar refractivity (Wildman–Crippen MR) is 153 cm³/mol. The van der Waals surface area contributed by atoms with Gasteiger partial charge in [0.15, 0.2) is 17.6 Å². The van der Waals surface area contributed by atoms with Crippen molar-refractivity contribution in [2.24, 2.45) is 0 Å². The maximum Gasteiger partial charge on any atom is 0.430 e. The number of rotatable bonds is 8. The summed E-state index contributed by atoms with van der Waals surface area (Å²) in [6, 6.07) is 12.4. The molecule has 13 nitrogen and oxygen atoms in total. The van der Waals surface area contributed by atoms with Crippen molar-refractivity contribution in [3.63, 3.8) is 0 Å². The maximum absolute atomic E-state index is 13.2. The summed E-state index contributed by atoms with van der Waals surface area (Å²) in [5.41, 5.74) is 2.59. The molecule has 4 heterocycles. The van der Waals surface area contributed by atoms with Gasteiger partial charge in [0, 0.05) is 25.8 Å². The third-order valence-electron chi connectivity index (χ3n) is 8.26. The number of benzene rings is 2. The summed E-state index contributed by atoms with van der Waals surface area (Å²) >= 11 is 0. The van der Waals surface area contributed by atoms with Crippen LogP contribution in [0.15, 0.2) is 42.5 Å². The van der Waals surface area contributed by atoms with Crippen molar-refractivity contribution in [2.45, 2.75) is 63.9 Å². The van der Waals surface area contributed by atoms with Crippen LogP contribution in [0.2, 0.25) is 0 Å². The van der Waals surface area contributed by atoms with Gasteiger partial charge in [-0.25, -0.2) is 9.13 Å². The van der Waals surface area contributed by atoms with Gasteiger partial charge in [-0.15, -0.1) is 0 Å². The van der Waals surface area contributed by atoms with Gasteiger partial charge in [0.25, 0.3) is 23.5 Å². The van der Waals surface area contributed by atoms with Gasteiger partial charge in [-0.2, -0.15) is 13.2 Å². The van der Waals surface area contributed by atoms with Crippen molar-refractivity contribution in [2.75, 3.05) is 26.3 Å². The van der Waals surface area contributed by atoms with Crippen LogP contribution >= 0.6 is 0 Å². The number of halogens is 3. The first-order valence-electron chi connectivity index (χ1n) is 15.0. The summed E-state index contributed by atoms with van der Waals surface area (Å²) in [6.45, 7) is 3.91. The second-order valence-corrected chi connectivity index (χ2v) is 11.3. The highest BCUT2D eigenvalue weighted by Gasteiger charge is 2.39. The Kier molecular flexibility index (Phi) is 9.84. The summed E-state index contributed by atoms with van der Waals surface area (Å²) < 4.78 is 47.5. The SMILES string of the molecule is CC[n+]1c(CN2C(=O)c3ccccc3C2=O)n(C[C@@H]2CCCO2)c2cc(OCC(=O)N3C[C@@H](O)[C@H](O)C3)ccc21.O=C([O-])C(F)(F)F. The number of β-amino-alcohol motifs (C(OH)–C–C–N with tert-alkyl or cyclic N) is 2. The van der Waals surface area contributed by atoms with Crippen LogP contribution in [-0.2, 0) is 34.0 Å². The van der Waals surface area contributed by atoms with Crippen molar-refractivity contribution in [1.82, 2.24) is 14.4 Å². The van der Waals surface area contributed by atoms with Gasteiger partial charge in [-0.3, -0.25) is 19.3 Å². The van der Waals surface area contributed by atoms with Crippen LogP contribution in [0.1, 0.15) is 46.3 Å². The van der Waals surface area contributed by atoms with Gasteiger partial charge >= 0.3 is 6.18 Å². The van der Waals surface area contributed by atoms with Crippen LogP contribution in [0, 0.1) is 0 Å². The lowest BCUT2D eigenvalue weighted by molar-refractivity contribution is -0.677. The van der Waals surface area contributed by atoms with Gasteiger partial charge < -0.3 is 34.5 Å². The number of amides is 3. The monoisotopic (exact) mass is 662 g/mol. The number of carboxylic acids is 1. The molecule has 3 amide bonds. The summed E-state index contributed by atoms with van der Waals surface area (Å²) in [4.78, 5) is 50.5. The molecule has 2 N–H and O–H groups in total. The molecule has 3 aliphatic rings. The van der Waals surface area contributed by atoms with Gasteiger partial charge in [-0.1, -0.05) is 12.1 Å². The zero-order valence-corrected chi connectivity index (χ0v) is 25.3. The summed E-state index contributed by atoms with van der Waals surface area (Å²) in [5.74, 6) is -2.65. The van der Waals surface area contributed by atoms with Gasteiger partial charge in [-0.05, 0) is 44.0 Å². The minimum Gasteiger partial charge on any atom is -0.542 e. The summed E-state index contributed by atoms with van der Waals surface area (Å²) in [6.07, 6.45) is -5.21. The Hall–Kier alpha value is -4.54. The van der Waals surface area contributed by atoms with Crippen LogP contribution in [-0.4, -0.2) is 99.1 Å². The number of likely N-dealkylation sites (tertiary alicyclic amines) is 1. The number of hydrogen-bond acceptors (Lipinski definition) is 9. The van der Waals surface area contributed by atoms with E-state index in [0.29, 0.717) is 36.6 Å². The fraction of sp³-hybridized carbons (Fsp3) is 0.452. The molecule has 0 saturated carbocycles. The highest BCUT2D eigenvalue weighted by atomic mass is 19.4. The van der Waals surface area contributed by atoms with Crippen molar-refractivity contribution in [3.8, 4) is 5.75 Å². The topological polar surface area (TPSA) is 166 Å². The van der Waals surface area contributed by atoms with E-state index in [9.17, 15) is 37.8 Å². The summed E-state index contributed by atoms with van der Waals surface area (Å²) in [7, 11) is 0. The molecule has 2 fully saturated rings. The first-order valence-corrected chi connectivity index (χ1v) is 15.0. The molecule has 252 valence electrons. The number of aliphatic hydroxyl groups excluding tert-OH is 2. The van der Waals surface area contributed by atoms with E-state index >= 15 is 0 Å². The van der Waals surface area contributed by atoms with Crippen LogP contribution in [0.3, 0.4) is 0 Å². The molecule has 6 rings (SSSR count). The maximum atomic E-state index is 13.2. The second-order valence-electron chi connectivity index (χ2n) is 11.3. The van der Waals surface area contributed by atoms with Gasteiger partial charge in [0.05, 0.1) is 36.0 Å². The van der Waals surface area contributed by atoms with E-state index in [0.717, 1.165) is 29.7 Å². The van der Waals surface area contributed by atoms with Gasteiger partial charge in [0.2, 0.25) is 0 Å². The lowest BCUT2D eigenvalue weighted by Crippen LogP contribution is -2.42. The number of imide groups is 1. The molecule has 2 saturated heterocycles. The largest absolute Gasteiger partial charge is 0.542 e. The number of fused-ring (bicyclic) bond motifs is 2. The fourth-order valence-electron chi connectivity index (χ4n) is 5.91. The third-order valence-corrected chi connectivity index (χ3v) is 8.26. The molecule has 0 unspecified atom stereocenters. The molecule has 0 radical (unpaired) electrons. The molecule has 2 aromatic carbocycles. The molecule has 3 atom stereocenters. The quantitative estimate of drug-likeness (QED) is 0.253. The minimum atomic E-state index is -5.19. The Bertz CT molecular complexity index is 1640. The predicted octanol–water partition coefficient (Wildman–Crippen LogP) is 0.165. The third kappa shape index (κ3) is 7.08. The molecule has 3 aromatic rings. The highest BCUT2D eigenvalue weighted by Crippen LogP contribution is 2.28. The smallest absolute Gasteiger partial charge is 0.430 e.